The molecular weight excluding hydrogens is 266 g/mol. The van der Waals surface area contributed by atoms with Crippen molar-refractivity contribution in [3.63, 3.8) is 0 Å². The van der Waals surface area contributed by atoms with E-state index in [2.05, 4.69) is 21.0 Å². The molecule has 0 atom stereocenters. The Morgan fingerprint density at radius 3 is 2.80 bits per heavy atom. The average Bonchev–Trinajstić information content (AvgIpc) is 2.55. The molecule has 0 aliphatic carbocycles. The van der Waals surface area contributed by atoms with Crippen LogP contribution in [0.15, 0.2) is 10.7 Å². The van der Waals surface area contributed by atoms with E-state index in [1.807, 2.05) is 0 Å². The monoisotopic (exact) mass is 277 g/mol. The number of rotatable bonds is 6. The molecule has 1 aromatic rings. The highest BCUT2D eigenvalue weighted by molar-refractivity contribution is 9.10. The fourth-order valence-corrected chi connectivity index (χ4v) is 1.65. The molecular formula is C8H12BrN3O3. The lowest BCUT2D eigenvalue weighted by Gasteiger charge is -1.95. The fraction of sp³-hybridized carbons (Fsp3) is 0.625. The second-order valence-electron chi connectivity index (χ2n) is 3.11. The average molecular weight is 278 g/mol. The van der Waals surface area contributed by atoms with E-state index in [4.69, 9.17) is 5.11 Å². The molecule has 0 fully saturated rings. The van der Waals surface area contributed by atoms with Gasteiger partial charge in [-0.3, -0.25) is 0 Å². The van der Waals surface area contributed by atoms with Gasteiger partial charge >= 0.3 is 5.82 Å². The molecule has 0 aliphatic rings. The summed E-state index contributed by atoms with van der Waals surface area (Å²) in [6.07, 6.45) is 4.09. The number of nitrogens with zero attached hydrogens (tertiary/aromatic N) is 3. The number of aromatic nitrogens is 2. The van der Waals surface area contributed by atoms with Crippen molar-refractivity contribution >= 4 is 21.7 Å². The summed E-state index contributed by atoms with van der Waals surface area (Å²) in [5.74, 6) is -0.155. The first-order chi connectivity index (χ1) is 7.15. The van der Waals surface area contributed by atoms with Crippen LogP contribution >= 0.6 is 15.9 Å². The molecule has 1 aromatic heterocycles. The molecule has 84 valence electrons. The minimum absolute atomic E-state index is 0.155. The lowest BCUT2D eigenvalue weighted by Crippen LogP contribution is -2.00. The van der Waals surface area contributed by atoms with E-state index in [1.165, 1.54) is 0 Å². The molecule has 0 saturated heterocycles. The molecule has 0 aliphatic heterocycles. The number of aliphatic hydroxyl groups excluding tert-OH is 1. The quantitative estimate of drug-likeness (QED) is 0.488. The van der Waals surface area contributed by atoms with E-state index in [-0.39, 0.29) is 12.4 Å². The second kappa shape index (κ2) is 5.82. The highest BCUT2D eigenvalue weighted by atomic mass is 79.9. The number of halogens is 1. The van der Waals surface area contributed by atoms with Gasteiger partial charge in [0.25, 0.3) is 0 Å². The van der Waals surface area contributed by atoms with E-state index in [0.717, 1.165) is 19.3 Å². The minimum atomic E-state index is -0.520. The molecule has 1 rings (SSSR count). The van der Waals surface area contributed by atoms with Crippen LogP contribution in [0.3, 0.4) is 0 Å². The zero-order valence-electron chi connectivity index (χ0n) is 8.10. The summed E-state index contributed by atoms with van der Waals surface area (Å²) in [5, 5.41) is 22.9. The minimum Gasteiger partial charge on any atom is -0.396 e. The van der Waals surface area contributed by atoms with Crippen LogP contribution in [0, 0.1) is 10.1 Å². The SMILES string of the molecule is O=[N+]([O-])c1nn(CCCCCO)cc1Br. The van der Waals surface area contributed by atoms with Gasteiger partial charge in [-0.2, -0.15) is 4.68 Å². The molecule has 0 spiro atoms. The molecule has 0 radical (unpaired) electrons. The first-order valence-electron chi connectivity index (χ1n) is 4.63. The third kappa shape index (κ3) is 3.60. The van der Waals surface area contributed by atoms with Crippen molar-refractivity contribution in [3.8, 4) is 0 Å². The van der Waals surface area contributed by atoms with Gasteiger partial charge in [-0.1, -0.05) is 0 Å². The van der Waals surface area contributed by atoms with Gasteiger partial charge in [0.05, 0.1) is 17.8 Å². The smallest absolute Gasteiger partial charge is 0.396 e. The Balaban J connectivity index is 2.48. The maximum atomic E-state index is 10.5. The van der Waals surface area contributed by atoms with Crippen molar-refractivity contribution in [3.05, 3.63) is 20.8 Å². The molecule has 0 amide bonds. The van der Waals surface area contributed by atoms with E-state index < -0.39 is 4.92 Å². The van der Waals surface area contributed by atoms with Crippen LogP contribution in [0.2, 0.25) is 0 Å². The zero-order chi connectivity index (χ0) is 11.3. The fourth-order valence-electron chi connectivity index (χ4n) is 1.19. The Labute approximate surface area is 95.2 Å². The second-order valence-corrected chi connectivity index (χ2v) is 3.96. The molecule has 1 heterocycles. The normalized spacial score (nSPS) is 10.5. The van der Waals surface area contributed by atoms with E-state index in [9.17, 15) is 10.1 Å². The van der Waals surface area contributed by atoms with Crippen LogP contribution < -0.4 is 0 Å². The molecule has 7 heteroatoms. The van der Waals surface area contributed by atoms with Crippen molar-refractivity contribution in [2.75, 3.05) is 6.61 Å². The third-order valence-corrected chi connectivity index (χ3v) is 2.48. The maximum Gasteiger partial charge on any atom is 0.404 e. The van der Waals surface area contributed by atoms with Crippen LogP contribution in [0.5, 0.6) is 0 Å². The topological polar surface area (TPSA) is 81.2 Å². The van der Waals surface area contributed by atoms with Crippen LogP contribution in [0.4, 0.5) is 5.82 Å². The van der Waals surface area contributed by atoms with Crippen molar-refractivity contribution in [1.29, 1.82) is 0 Å². The Kier molecular flexibility index (Phi) is 4.70. The van der Waals surface area contributed by atoms with E-state index in [1.54, 1.807) is 10.9 Å². The largest absolute Gasteiger partial charge is 0.404 e. The predicted molar refractivity (Wildman–Crippen MR) is 57.5 cm³/mol. The number of hydrogen-bond donors (Lipinski definition) is 1. The van der Waals surface area contributed by atoms with Gasteiger partial charge in [0.2, 0.25) is 0 Å². The van der Waals surface area contributed by atoms with Gasteiger partial charge < -0.3 is 15.2 Å². The first-order valence-corrected chi connectivity index (χ1v) is 5.42. The zero-order valence-corrected chi connectivity index (χ0v) is 9.68. The van der Waals surface area contributed by atoms with Gasteiger partial charge in [-0.15, -0.1) is 0 Å². The summed E-state index contributed by atoms with van der Waals surface area (Å²) in [4.78, 5) is 9.96. The van der Waals surface area contributed by atoms with Crippen molar-refractivity contribution < 1.29 is 10.0 Å². The summed E-state index contributed by atoms with van der Waals surface area (Å²) in [6, 6.07) is 0. The Hall–Kier alpha value is -0.950. The van der Waals surface area contributed by atoms with Gasteiger partial charge in [-0.05, 0) is 40.1 Å². The third-order valence-electron chi connectivity index (χ3n) is 1.92. The maximum absolute atomic E-state index is 10.5. The van der Waals surface area contributed by atoms with E-state index >= 15 is 0 Å². The standard InChI is InChI=1S/C8H12BrN3O3/c9-7-6-11(4-2-1-3-5-13)10-8(7)12(14)15/h6,13H,1-5H2. The Bertz CT molecular complexity index is 340. The summed E-state index contributed by atoms with van der Waals surface area (Å²) in [7, 11) is 0. The summed E-state index contributed by atoms with van der Waals surface area (Å²) in [5.41, 5.74) is 0. The predicted octanol–water partition coefficient (Wildman–Crippen LogP) is 1.72. The number of nitro groups is 1. The number of aliphatic hydroxyl groups is 1. The molecule has 0 aromatic carbocycles. The summed E-state index contributed by atoms with van der Waals surface area (Å²) < 4.78 is 1.94. The lowest BCUT2D eigenvalue weighted by molar-refractivity contribution is -0.390. The van der Waals surface area contributed by atoms with Gasteiger partial charge in [-0.25, -0.2) is 0 Å². The van der Waals surface area contributed by atoms with Crippen LogP contribution in [-0.4, -0.2) is 26.4 Å². The molecule has 6 nitrogen and oxygen atoms in total. The number of unbranched alkanes of at least 4 members (excludes halogenated alkanes) is 2. The molecule has 15 heavy (non-hydrogen) atoms. The first kappa shape index (κ1) is 12.1. The molecule has 0 unspecified atom stereocenters. The van der Waals surface area contributed by atoms with Gasteiger partial charge in [0.1, 0.15) is 4.47 Å². The Morgan fingerprint density at radius 2 is 2.27 bits per heavy atom. The summed E-state index contributed by atoms with van der Waals surface area (Å²) >= 11 is 3.08. The van der Waals surface area contributed by atoms with Crippen molar-refractivity contribution in [1.82, 2.24) is 9.78 Å². The molecule has 0 bridgehead atoms. The molecule has 1 N–H and O–H groups in total. The highest BCUT2D eigenvalue weighted by Gasteiger charge is 2.17. The van der Waals surface area contributed by atoms with Crippen LogP contribution in [0.1, 0.15) is 19.3 Å². The van der Waals surface area contributed by atoms with Crippen LogP contribution in [-0.2, 0) is 6.54 Å². The van der Waals surface area contributed by atoms with Gasteiger partial charge in [0.15, 0.2) is 0 Å². The van der Waals surface area contributed by atoms with Crippen molar-refractivity contribution in [2.24, 2.45) is 0 Å². The number of hydrogen-bond acceptors (Lipinski definition) is 4. The Morgan fingerprint density at radius 1 is 1.53 bits per heavy atom. The highest BCUT2D eigenvalue weighted by Crippen LogP contribution is 2.22. The van der Waals surface area contributed by atoms with E-state index in [0.29, 0.717) is 11.0 Å². The summed E-state index contributed by atoms with van der Waals surface area (Å²) in [6.45, 7) is 0.815. The van der Waals surface area contributed by atoms with Crippen molar-refractivity contribution in [2.45, 2.75) is 25.8 Å². The number of aryl methyl sites for hydroxylation is 1. The lowest BCUT2D eigenvalue weighted by atomic mass is 10.2. The van der Waals surface area contributed by atoms with Gasteiger partial charge in [0, 0.05) is 6.61 Å². The molecule has 0 saturated carbocycles. The van der Waals surface area contributed by atoms with Crippen LogP contribution in [0.25, 0.3) is 0 Å².